The molecule has 0 N–H and O–H groups in total. The first-order valence-electron chi connectivity index (χ1n) is 4.77. The van der Waals surface area contributed by atoms with Crippen LogP contribution in [0.15, 0.2) is 24.3 Å². The highest BCUT2D eigenvalue weighted by molar-refractivity contribution is 5.46. The van der Waals surface area contributed by atoms with Crippen LogP contribution in [0.25, 0.3) is 0 Å². The average molecular weight is 198 g/mol. The molecule has 0 amide bonds. The Morgan fingerprint density at radius 3 is 2.47 bits per heavy atom. The Morgan fingerprint density at radius 2 is 1.87 bits per heavy atom. The first-order valence-corrected chi connectivity index (χ1v) is 4.77. The van der Waals surface area contributed by atoms with Gasteiger partial charge in [-0.1, -0.05) is 30.4 Å². The van der Waals surface area contributed by atoms with Crippen molar-refractivity contribution in [1.82, 2.24) is 0 Å². The number of hydrogen-bond acceptors (Lipinski definition) is 1. The highest BCUT2D eigenvalue weighted by Crippen LogP contribution is 2.17. The zero-order valence-corrected chi connectivity index (χ0v) is 9.29. The molecule has 0 aliphatic heterocycles. The lowest BCUT2D eigenvalue weighted by Crippen LogP contribution is -1.99. The van der Waals surface area contributed by atoms with Gasteiger partial charge in [0, 0.05) is 5.41 Å². The number of ether oxygens (including phenoxy) is 1. The fourth-order valence-corrected chi connectivity index (χ4v) is 0.977. The van der Waals surface area contributed by atoms with E-state index in [1.807, 2.05) is 24.3 Å². The number of terminal acetylenes is 1. The summed E-state index contributed by atoms with van der Waals surface area (Å²) in [6, 6.07) is 7.49. The minimum absolute atomic E-state index is 0.0245. The Labute approximate surface area is 91.5 Å². The van der Waals surface area contributed by atoms with E-state index in [0.29, 0.717) is 5.75 Å². The fraction of sp³-hybridized carbons (Fsp3) is 0.286. The van der Waals surface area contributed by atoms with Gasteiger partial charge in [0.05, 0.1) is 5.56 Å². The minimum atomic E-state index is -0.0245. The molecule has 0 saturated heterocycles. The van der Waals surface area contributed by atoms with Crippen LogP contribution in [0.2, 0.25) is 0 Å². The summed E-state index contributed by atoms with van der Waals surface area (Å²) in [5.74, 6) is 6.84. The van der Waals surface area contributed by atoms with Gasteiger partial charge in [0.15, 0.2) is 5.75 Å². The van der Waals surface area contributed by atoms with Gasteiger partial charge in [0.2, 0.25) is 0 Å². The van der Waals surface area contributed by atoms with Gasteiger partial charge in [0.1, 0.15) is 6.11 Å². The third-order valence-corrected chi connectivity index (χ3v) is 1.63. The molecule has 0 spiro atoms. The van der Waals surface area contributed by atoms with Crippen molar-refractivity contribution in [1.29, 1.82) is 0 Å². The predicted molar refractivity (Wildman–Crippen MR) is 62.2 cm³/mol. The standard InChI is InChI=1S/C14H14O/c1-5-15-13-9-7-6-8-12(13)10-11-14(2,3)4/h1,6-9H,2-4H3. The SMILES string of the molecule is C#COc1ccccc1C#CC(C)(C)C. The smallest absolute Gasteiger partial charge is 0.155 e. The van der Waals surface area contributed by atoms with Gasteiger partial charge in [0.25, 0.3) is 0 Å². The molecule has 15 heavy (non-hydrogen) atoms. The summed E-state index contributed by atoms with van der Waals surface area (Å²) in [4.78, 5) is 0. The number of hydrogen-bond donors (Lipinski definition) is 0. The van der Waals surface area contributed by atoms with Crippen molar-refractivity contribution in [2.24, 2.45) is 5.41 Å². The third-order valence-electron chi connectivity index (χ3n) is 1.63. The Hall–Kier alpha value is -1.86. The van der Waals surface area contributed by atoms with Gasteiger partial charge in [-0.25, -0.2) is 0 Å². The van der Waals surface area contributed by atoms with Gasteiger partial charge >= 0.3 is 0 Å². The molecule has 1 rings (SSSR count). The highest BCUT2D eigenvalue weighted by Gasteiger charge is 2.04. The summed E-state index contributed by atoms with van der Waals surface area (Å²) in [7, 11) is 0. The molecule has 1 aromatic rings. The Morgan fingerprint density at radius 1 is 1.20 bits per heavy atom. The normalized spacial score (nSPS) is 9.73. The van der Waals surface area contributed by atoms with Crippen LogP contribution in [0.3, 0.4) is 0 Å². The van der Waals surface area contributed by atoms with E-state index in [9.17, 15) is 0 Å². The molecule has 0 unspecified atom stereocenters. The van der Waals surface area contributed by atoms with E-state index in [1.165, 1.54) is 0 Å². The summed E-state index contributed by atoms with van der Waals surface area (Å²) in [5.41, 5.74) is 0.800. The number of benzene rings is 1. The second kappa shape index (κ2) is 4.58. The van der Waals surface area contributed by atoms with Crippen molar-refractivity contribution < 1.29 is 4.74 Å². The van der Waals surface area contributed by atoms with Crippen molar-refractivity contribution in [3.63, 3.8) is 0 Å². The molecule has 0 atom stereocenters. The van der Waals surface area contributed by atoms with Crippen LogP contribution < -0.4 is 4.74 Å². The first-order chi connectivity index (χ1) is 7.03. The van der Waals surface area contributed by atoms with Crippen molar-refractivity contribution >= 4 is 0 Å². The van der Waals surface area contributed by atoms with Crippen molar-refractivity contribution in [2.45, 2.75) is 20.8 Å². The van der Waals surface area contributed by atoms with Crippen LogP contribution in [0, 0.1) is 29.8 Å². The topological polar surface area (TPSA) is 9.23 Å². The maximum Gasteiger partial charge on any atom is 0.155 e. The quantitative estimate of drug-likeness (QED) is 0.630. The van der Waals surface area contributed by atoms with Gasteiger partial charge < -0.3 is 4.74 Å². The Bertz CT molecular complexity index is 433. The molecular weight excluding hydrogens is 184 g/mol. The summed E-state index contributed by atoms with van der Waals surface area (Å²) < 4.78 is 5.03. The van der Waals surface area contributed by atoms with Crippen molar-refractivity contribution in [3.8, 4) is 30.1 Å². The molecule has 1 nitrogen and oxygen atoms in total. The molecule has 0 saturated carbocycles. The summed E-state index contributed by atoms with van der Waals surface area (Å²) in [6.45, 7) is 6.18. The fourth-order valence-electron chi connectivity index (χ4n) is 0.977. The van der Waals surface area contributed by atoms with Crippen LogP contribution >= 0.6 is 0 Å². The van der Waals surface area contributed by atoms with Gasteiger partial charge in [-0.15, -0.1) is 0 Å². The Balaban J connectivity index is 3.03. The highest BCUT2D eigenvalue weighted by atomic mass is 16.5. The number of rotatable bonds is 1. The summed E-state index contributed by atoms with van der Waals surface area (Å²) in [6.07, 6.45) is 7.24. The Kier molecular flexibility index (Phi) is 3.42. The molecule has 0 fully saturated rings. The maximum absolute atomic E-state index is 5.09. The molecular formula is C14H14O. The molecule has 0 radical (unpaired) electrons. The van der Waals surface area contributed by atoms with Crippen LogP contribution in [0.4, 0.5) is 0 Å². The van der Waals surface area contributed by atoms with Crippen LogP contribution in [-0.4, -0.2) is 0 Å². The van der Waals surface area contributed by atoms with E-state index in [1.54, 1.807) is 0 Å². The third kappa shape index (κ3) is 3.79. The monoisotopic (exact) mass is 198 g/mol. The molecule has 0 aromatic heterocycles. The van der Waals surface area contributed by atoms with E-state index in [2.05, 4.69) is 38.7 Å². The average Bonchev–Trinajstić information content (AvgIpc) is 2.16. The zero-order chi connectivity index (χ0) is 11.3. The van der Waals surface area contributed by atoms with E-state index in [-0.39, 0.29) is 5.41 Å². The zero-order valence-electron chi connectivity index (χ0n) is 9.29. The van der Waals surface area contributed by atoms with Crippen LogP contribution in [0.1, 0.15) is 26.3 Å². The number of para-hydroxylation sites is 1. The molecule has 1 aromatic carbocycles. The minimum Gasteiger partial charge on any atom is -0.407 e. The molecule has 0 aliphatic carbocycles. The van der Waals surface area contributed by atoms with Crippen LogP contribution in [-0.2, 0) is 0 Å². The van der Waals surface area contributed by atoms with Crippen molar-refractivity contribution in [2.75, 3.05) is 0 Å². The van der Waals surface area contributed by atoms with E-state index in [0.717, 1.165) is 5.56 Å². The molecule has 76 valence electrons. The lowest BCUT2D eigenvalue weighted by atomic mass is 9.97. The summed E-state index contributed by atoms with van der Waals surface area (Å²) in [5, 5.41) is 0. The second-order valence-corrected chi connectivity index (χ2v) is 4.22. The van der Waals surface area contributed by atoms with E-state index in [4.69, 9.17) is 11.2 Å². The molecule has 0 bridgehead atoms. The largest absolute Gasteiger partial charge is 0.407 e. The first kappa shape index (κ1) is 11.2. The van der Waals surface area contributed by atoms with E-state index < -0.39 is 0 Å². The second-order valence-electron chi connectivity index (χ2n) is 4.22. The molecule has 1 heteroatoms. The van der Waals surface area contributed by atoms with E-state index >= 15 is 0 Å². The van der Waals surface area contributed by atoms with Gasteiger partial charge in [-0.3, -0.25) is 0 Å². The molecule has 0 heterocycles. The maximum atomic E-state index is 5.09. The lowest BCUT2D eigenvalue weighted by Gasteiger charge is -2.07. The van der Waals surface area contributed by atoms with Gasteiger partial charge in [-0.2, -0.15) is 0 Å². The molecule has 0 aliphatic rings. The van der Waals surface area contributed by atoms with Crippen LogP contribution in [0.5, 0.6) is 5.75 Å². The van der Waals surface area contributed by atoms with Gasteiger partial charge in [-0.05, 0) is 32.9 Å². The summed E-state index contributed by atoms with van der Waals surface area (Å²) >= 11 is 0. The predicted octanol–water partition coefficient (Wildman–Crippen LogP) is 3.05. The lowest BCUT2D eigenvalue weighted by molar-refractivity contribution is 0.519. The van der Waals surface area contributed by atoms with Crippen molar-refractivity contribution in [3.05, 3.63) is 29.8 Å².